The number of hydrogen-bond acceptors (Lipinski definition) is 5. The van der Waals surface area contributed by atoms with E-state index in [-0.39, 0.29) is 30.8 Å². The van der Waals surface area contributed by atoms with Crippen molar-refractivity contribution in [3.05, 3.63) is 35.9 Å². The van der Waals surface area contributed by atoms with Crippen LogP contribution in [-0.4, -0.2) is 46.8 Å². The minimum atomic E-state index is -1.05. The van der Waals surface area contributed by atoms with E-state index in [2.05, 4.69) is 10.6 Å². The van der Waals surface area contributed by atoms with Crippen molar-refractivity contribution >= 4 is 23.8 Å². The summed E-state index contributed by atoms with van der Waals surface area (Å²) in [4.78, 5) is 51.0. The zero-order valence-corrected chi connectivity index (χ0v) is 16.2. The lowest BCUT2D eigenvalue weighted by atomic mass is 9.98. The van der Waals surface area contributed by atoms with E-state index in [9.17, 15) is 19.2 Å². The quantitative estimate of drug-likeness (QED) is 0.537. The fraction of sp³-hybridized carbons (Fsp3) is 0.524. The molecule has 0 aromatic heterocycles. The lowest BCUT2D eigenvalue weighted by Crippen LogP contribution is -2.44. The molecule has 2 saturated carbocycles. The summed E-state index contributed by atoms with van der Waals surface area (Å²) in [7, 11) is 0. The van der Waals surface area contributed by atoms with E-state index in [0.29, 0.717) is 18.4 Å². The summed E-state index contributed by atoms with van der Waals surface area (Å²) in [5.74, 6) is -1.25. The molecular weight excluding hydrogens is 374 g/mol. The highest BCUT2D eigenvalue weighted by Gasteiger charge is 2.52. The lowest BCUT2D eigenvalue weighted by molar-refractivity contribution is -0.156. The van der Waals surface area contributed by atoms with E-state index in [1.807, 2.05) is 6.07 Å². The predicted octanol–water partition coefficient (Wildman–Crippen LogP) is 1.80. The first-order valence-corrected chi connectivity index (χ1v) is 10.2. The van der Waals surface area contributed by atoms with Gasteiger partial charge in [0.05, 0.1) is 6.42 Å². The molecule has 8 heteroatoms. The van der Waals surface area contributed by atoms with Gasteiger partial charge in [0.1, 0.15) is 5.54 Å². The third kappa shape index (κ3) is 4.11. The van der Waals surface area contributed by atoms with Gasteiger partial charge in [-0.1, -0.05) is 43.2 Å². The van der Waals surface area contributed by atoms with Crippen molar-refractivity contribution in [2.75, 3.05) is 6.54 Å². The van der Waals surface area contributed by atoms with E-state index in [1.165, 1.54) is 0 Å². The largest absolute Gasteiger partial charge is 0.447 e. The van der Waals surface area contributed by atoms with Crippen molar-refractivity contribution in [3.63, 3.8) is 0 Å². The molecule has 1 heterocycles. The van der Waals surface area contributed by atoms with Gasteiger partial charge in [-0.15, -0.1) is 0 Å². The first-order chi connectivity index (χ1) is 14.0. The Bertz CT molecular complexity index is 815. The van der Waals surface area contributed by atoms with Gasteiger partial charge in [-0.3, -0.25) is 19.3 Å². The smallest absolute Gasteiger partial charge is 0.325 e. The lowest BCUT2D eigenvalue weighted by Gasteiger charge is -2.20. The highest BCUT2D eigenvalue weighted by Crippen LogP contribution is 2.35. The number of rotatable bonds is 7. The van der Waals surface area contributed by atoms with Crippen LogP contribution >= 0.6 is 0 Å². The SMILES string of the molecule is O=C(CCN1C(=O)NC2(CCCC2)C1=O)O[C@@H](C(=O)NC1CC1)c1ccccc1. The average Bonchev–Trinajstić information content (AvgIpc) is 3.34. The van der Waals surface area contributed by atoms with Crippen molar-refractivity contribution in [3.8, 4) is 0 Å². The molecule has 0 unspecified atom stereocenters. The Labute approximate surface area is 169 Å². The topological polar surface area (TPSA) is 105 Å². The molecule has 1 aromatic rings. The van der Waals surface area contributed by atoms with E-state index < -0.39 is 23.6 Å². The number of hydrogen-bond donors (Lipinski definition) is 2. The van der Waals surface area contributed by atoms with Gasteiger partial charge >= 0.3 is 12.0 Å². The Morgan fingerprint density at radius 1 is 1.17 bits per heavy atom. The number of carbonyl (C=O) groups excluding carboxylic acids is 4. The van der Waals surface area contributed by atoms with Crippen molar-refractivity contribution in [2.24, 2.45) is 0 Å². The van der Waals surface area contributed by atoms with Crippen LogP contribution in [0.25, 0.3) is 0 Å². The number of nitrogens with one attached hydrogen (secondary N) is 2. The molecule has 3 fully saturated rings. The molecule has 4 amide bonds. The second-order valence-corrected chi connectivity index (χ2v) is 7.99. The fourth-order valence-corrected chi connectivity index (χ4v) is 4.00. The monoisotopic (exact) mass is 399 g/mol. The number of amides is 4. The zero-order chi connectivity index (χ0) is 20.4. The summed E-state index contributed by atoms with van der Waals surface area (Å²) in [6, 6.07) is 8.50. The average molecular weight is 399 g/mol. The predicted molar refractivity (Wildman–Crippen MR) is 103 cm³/mol. The highest BCUT2D eigenvalue weighted by atomic mass is 16.5. The van der Waals surface area contributed by atoms with Crippen LogP contribution in [0.5, 0.6) is 0 Å². The third-order valence-corrected chi connectivity index (χ3v) is 5.76. The summed E-state index contributed by atoms with van der Waals surface area (Å²) in [6.45, 7) is -0.0585. The maximum absolute atomic E-state index is 12.7. The number of imide groups is 1. The van der Waals surface area contributed by atoms with Crippen molar-refractivity contribution in [1.29, 1.82) is 0 Å². The summed E-state index contributed by atoms with van der Waals surface area (Å²) in [5, 5.41) is 5.64. The number of nitrogens with zero attached hydrogens (tertiary/aromatic N) is 1. The normalized spacial score (nSPS) is 21.2. The molecule has 0 bridgehead atoms. The van der Waals surface area contributed by atoms with Gasteiger partial charge in [-0.05, 0) is 25.7 Å². The van der Waals surface area contributed by atoms with Crippen LogP contribution in [0.1, 0.15) is 56.6 Å². The molecule has 1 saturated heterocycles. The molecule has 0 radical (unpaired) electrons. The molecule has 1 atom stereocenters. The third-order valence-electron chi connectivity index (χ3n) is 5.76. The fourth-order valence-electron chi connectivity index (χ4n) is 4.00. The molecular formula is C21H25N3O5. The maximum atomic E-state index is 12.7. The molecule has 1 spiro atoms. The van der Waals surface area contributed by atoms with E-state index in [0.717, 1.165) is 30.6 Å². The minimum Gasteiger partial charge on any atom is -0.447 e. The summed E-state index contributed by atoms with van der Waals surface area (Å²) in [5.41, 5.74) is -0.212. The standard InChI is InChI=1S/C21H25N3O5/c25-16(10-13-24-19(27)21(23-20(24)28)11-4-5-12-21)29-17(14-6-2-1-3-7-14)18(26)22-15-8-9-15/h1-3,6-7,15,17H,4-5,8-13H2,(H,22,26)(H,23,28)/t17-/m1/s1. The summed E-state index contributed by atoms with van der Waals surface area (Å²) < 4.78 is 5.45. The molecule has 29 heavy (non-hydrogen) atoms. The van der Waals surface area contributed by atoms with Crippen LogP contribution in [0.4, 0.5) is 4.79 Å². The van der Waals surface area contributed by atoms with Crippen LogP contribution in [0.15, 0.2) is 30.3 Å². The maximum Gasteiger partial charge on any atom is 0.325 e. The van der Waals surface area contributed by atoms with Crippen molar-refractivity contribution < 1.29 is 23.9 Å². The van der Waals surface area contributed by atoms with Crippen LogP contribution in [0.2, 0.25) is 0 Å². The van der Waals surface area contributed by atoms with Gasteiger partial charge < -0.3 is 15.4 Å². The number of esters is 1. The first-order valence-electron chi connectivity index (χ1n) is 10.2. The van der Waals surface area contributed by atoms with Crippen LogP contribution in [0, 0.1) is 0 Å². The highest BCUT2D eigenvalue weighted by molar-refractivity contribution is 6.07. The van der Waals surface area contributed by atoms with Gasteiger partial charge in [0, 0.05) is 18.2 Å². The number of benzene rings is 1. The Morgan fingerprint density at radius 3 is 2.52 bits per heavy atom. The number of ether oxygens (including phenoxy) is 1. The number of carbonyl (C=O) groups is 4. The molecule has 2 N–H and O–H groups in total. The Kier molecular flexibility index (Phi) is 5.25. The van der Waals surface area contributed by atoms with Gasteiger partial charge in [-0.2, -0.15) is 0 Å². The molecule has 154 valence electrons. The molecule has 1 aliphatic heterocycles. The van der Waals surface area contributed by atoms with Crippen LogP contribution in [0.3, 0.4) is 0 Å². The van der Waals surface area contributed by atoms with E-state index in [4.69, 9.17) is 4.74 Å². The van der Waals surface area contributed by atoms with Crippen molar-refractivity contribution in [2.45, 2.75) is 62.6 Å². The summed E-state index contributed by atoms with van der Waals surface area (Å²) >= 11 is 0. The Hall–Kier alpha value is -2.90. The Morgan fingerprint density at radius 2 is 1.86 bits per heavy atom. The molecule has 8 nitrogen and oxygen atoms in total. The van der Waals surface area contributed by atoms with Crippen LogP contribution < -0.4 is 10.6 Å². The van der Waals surface area contributed by atoms with Crippen LogP contribution in [-0.2, 0) is 19.1 Å². The van der Waals surface area contributed by atoms with Gasteiger partial charge in [0.15, 0.2) is 0 Å². The molecule has 4 rings (SSSR count). The zero-order valence-electron chi connectivity index (χ0n) is 16.2. The first kappa shape index (κ1) is 19.4. The molecule has 2 aliphatic carbocycles. The Balaban J connectivity index is 1.37. The van der Waals surface area contributed by atoms with E-state index >= 15 is 0 Å². The van der Waals surface area contributed by atoms with Gasteiger partial charge in [-0.25, -0.2) is 4.79 Å². The second kappa shape index (κ2) is 7.85. The summed E-state index contributed by atoms with van der Waals surface area (Å²) in [6.07, 6.45) is 3.72. The van der Waals surface area contributed by atoms with Gasteiger partial charge in [0.25, 0.3) is 11.8 Å². The minimum absolute atomic E-state index is 0.0585. The van der Waals surface area contributed by atoms with E-state index in [1.54, 1.807) is 24.3 Å². The van der Waals surface area contributed by atoms with Crippen molar-refractivity contribution in [1.82, 2.24) is 15.5 Å². The molecule has 1 aromatic carbocycles. The second-order valence-electron chi connectivity index (χ2n) is 7.99. The van der Waals surface area contributed by atoms with Gasteiger partial charge in [0.2, 0.25) is 6.10 Å². The number of urea groups is 1. The molecule has 3 aliphatic rings.